The number of amides is 1. The van der Waals surface area contributed by atoms with E-state index in [1.165, 1.54) is 12.4 Å². The number of nitrogens with zero attached hydrogens (tertiary/aromatic N) is 3. The van der Waals surface area contributed by atoms with E-state index in [2.05, 4.69) is 25.5 Å². The quantitative estimate of drug-likeness (QED) is 0.720. The van der Waals surface area contributed by atoms with Crippen LogP contribution in [0.3, 0.4) is 0 Å². The Labute approximate surface area is 158 Å². The molecule has 0 saturated carbocycles. The van der Waals surface area contributed by atoms with Gasteiger partial charge in [0.15, 0.2) is 0 Å². The van der Waals surface area contributed by atoms with Crippen LogP contribution in [0, 0.1) is 0 Å². The van der Waals surface area contributed by atoms with E-state index in [4.69, 9.17) is 9.47 Å². The second kappa shape index (κ2) is 9.84. The summed E-state index contributed by atoms with van der Waals surface area (Å²) >= 11 is 0. The average Bonchev–Trinajstić information content (AvgIpc) is 2.73. The maximum absolute atomic E-state index is 12.2. The molecule has 2 aromatic rings. The molecule has 1 aromatic heterocycles. The smallest absolute Gasteiger partial charge is 0.254 e. The van der Waals surface area contributed by atoms with Gasteiger partial charge in [-0.2, -0.15) is 0 Å². The molecule has 1 saturated heterocycles. The average molecular weight is 371 g/mol. The van der Waals surface area contributed by atoms with Gasteiger partial charge in [0, 0.05) is 45.1 Å². The van der Waals surface area contributed by atoms with Crippen molar-refractivity contribution in [1.82, 2.24) is 20.2 Å². The Morgan fingerprint density at radius 2 is 1.89 bits per heavy atom. The van der Waals surface area contributed by atoms with Crippen molar-refractivity contribution >= 4 is 11.9 Å². The van der Waals surface area contributed by atoms with Crippen molar-refractivity contribution in [1.29, 1.82) is 0 Å². The number of ether oxygens (including phenoxy) is 2. The van der Waals surface area contributed by atoms with Gasteiger partial charge >= 0.3 is 0 Å². The van der Waals surface area contributed by atoms with E-state index in [9.17, 15) is 4.79 Å². The summed E-state index contributed by atoms with van der Waals surface area (Å²) in [5.41, 5.74) is 1.42. The van der Waals surface area contributed by atoms with E-state index in [0.717, 1.165) is 50.7 Å². The molecular formula is C19H25N5O3. The number of carbonyl (C=O) groups is 1. The number of rotatable bonds is 8. The van der Waals surface area contributed by atoms with Crippen molar-refractivity contribution in [2.75, 3.05) is 51.8 Å². The lowest BCUT2D eigenvalue weighted by molar-refractivity contribution is 0.0398. The van der Waals surface area contributed by atoms with Crippen LogP contribution < -0.4 is 15.4 Å². The SMILES string of the molecule is COc1ccc(CNC(=O)c2cnc(NCCN3CCOCC3)nc2)cc1. The Morgan fingerprint density at radius 3 is 2.56 bits per heavy atom. The maximum atomic E-state index is 12.2. The van der Waals surface area contributed by atoms with E-state index in [1.54, 1.807) is 7.11 Å². The number of hydrogen-bond donors (Lipinski definition) is 2. The van der Waals surface area contributed by atoms with Crippen molar-refractivity contribution in [2.24, 2.45) is 0 Å². The van der Waals surface area contributed by atoms with Crippen LogP contribution in [0.25, 0.3) is 0 Å². The van der Waals surface area contributed by atoms with Crippen LogP contribution in [0.2, 0.25) is 0 Å². The number of carbonyl (C=O) groups excluding carboxylic acids is 1. The molecule has 0 bridgehead atoms. The van der Waals surface area contributed by atoms with Gasteiger partial charge in [-0.3, -0.25) is 9.69 Å². The number of aromatic nitrogens is 2. The van der Waals surface area contributed by atoms with E-state index in [1.807, 2.05) is 24.3 Å². The zero-order valence-electron chi connectivity index (χ0n) is 15.5. The summed E-state index contributed by atoms with van der Waals surface area (Å²) in [6.45, 7) is 5.58. The van der Waals surface area contributed by atoms with Crippen molar-refractivity contribution < 1.29 is 14.3 Å². The first-order valence-electron chi connectivity index (χ1n) is 9.02. The fourth-order valence-corrected chi connectivity index (χ4v) is 2.71. The van der Waals surface area contributed by atoms with Gasteiger partial charge in [0.25, 0.3) is 5.91 Å². The van der Waals surface area contributed by atoms with E-state index in [-0.39, 0.29) is 5.91 Å². The highest BCUT2D eigenvalue weighted by molar-refractivity contribution is 5.93. The van der Waals surface area contributed by atoms with Gasteiger partial charge in [-0.05, 0) is 17.7 Å². The van der Waals surface area contributed by atoms with Crippen LogP contribution in [-0.2, 0) is 11.3 Å². The number of morpholine rings is 1. The summed E-state index contributed by atoms with van der Waals surface area (Å²) in [6.07, 6.45) is 3.07. The van der Waals surface area contributed by atoms with Crippen LogP contribution in [0.5, 0.6) is 5.75 Å². The molecule has 8 heteroatoms. The van der Waals surface area contributed by atoms with E-state index in [0.29, 0.717) is 18.1 Å². The molecule has 0 radical (unpaired) electrons. The third-order valence-corrected chi connectivity index (χ3v) is 4.34. The van der Waals surface area contributed by atoms with Crippen LogP contribution in [0.4, 0.5) is 5.95 Å². The predicted octanol–water partition coefficient (Wildman–Crippen LogP) is 1.16. The summed E-state index contributed by atoms with van der Waals surface area (Å²) < 4.78 is 10.4. The van der Waals surface area contributed by atoms with Crippen molar-refractivity contribution in [2.45, 2.75) is 6.54 Å². The number of benzene rings is 1. The zero-order chi connectivity index (χ0) is 18.9. The third-order valence-electron chi connectivity index (χ3n) is 4.34. The van der Waals surface area contributed by atoms with E-state index < -0.39 is 0 Å². The molecule has 0 unspecified atom stereocenters. The molecule has 8 nitrogen and oxygen atoms in total. The highest BCUT2D eigenvalue weighted by Gasteiger charge is 2.10. The lowest BCUT2D eigenvalue weighted by Gasteiger charge is -2.26. The molecule has 2 heterocycles. The highest BCUT2D eigenvalue weighted by atomic mass is 16.5. The number of anilines is 1. The second-order valence-electron chi connectivity index (χ2n) is 6.21. The van der Waals surface area contributed by atoms with Crippen LogP contribution in [0.15, 0.2) is 36.7 Å². The topological polar surface area (TPSA) is 88.6 Å². The van der Waals surface area contributed by atoms with E-state index >= 15 is 0 Å². The molecule has 1 aliphatic rings. The fraction of sp³-hybridized carbons (Fsp3) is 0.421. The van der Waals surface area contributed by atoms with Gasteiger partial charge in [0.1, 0.15) is 5.75 Å². The molecule has 1 amide bonds. The van der Waals surface area contributed by atoms with Gasteiger partial charge in [-0.25, -0.2) is 9.97 Å². The Morgan fingerprint density at radius 1 is 1.19 bits per heavy atom. The lowest BCUT2D eigenvalue weighted by Crippen LogP contribution is -2.39. The van der Waals surface area contributed by atoms with Gasteiger partial charge in [0.2, 0.25) is 5.95 Å². The summed E-state index contributed by atoms with van der Waals surface area (Å²) in [5, 5.41) is 6.04. The minimum Gasteiger partial charge on any atom is -0.497 e. The molecule has 0 atom stereocenters. The molecule has 1 aromatic carbocycles. The van der Waals surface area contributed by atoms with Gasteiger partial charge < -0.3 is 20.1 Å². The summed E-state index contributed by atoms with van der Waals surface area (Å²) in [5.74, 6) is 1.11. The highest BCUT2D eigenvalue weighted by Crippen LogP contribution is 2.11. The molecule has 2 N–H and O–H groups in total. The Balaban J connectivity index is 1.42. The monoisotopic (exact) mass is 371 g/mol. The molecule has 144 valence electrons. The standard InChI is InChI=1S/C19H25N5O3/c1-26-17-4-2-15(3-5-17)12-21-18(25)16-13-22-19(23-14-16)20-6-7-24-8-10-27-11-9-24/h2-5,13-14H,6-12H2,1H3,(H,21,25)(H,20,22,23). The first kappa shape index (κ1) is 19.1. The Kier molecular flexibility index (Phi) is 6.95. The molecule has 1 fully saturated rings. The first-order chi connectivity index (χ1) is 13.2. The van der Waals surface area contributed by atoms with Crippen molar-refractivity contribution in [3.63, 3.8) is 0 Å². The minimum absolute atomic E-state index is 0.203. The second-order valence-corrected chi connectivity index (χ2v) is 6.21. The van der Waals surface area contributed by atoms with Gasteiger partial charge in [-0.1, -0.05) is 12.1 Å². The summed E-state index contributed by atoms with van der Waals surface area (Å²) in [6, 6.07) is 7.55. The number of hydrogen-bond acceptors (Lipinski definition) is 7. The maximum Gasteiger partial charge on any atom is 0.254 e. The molecular weight excluding hydrogens is 346 g/mol. The Hall–Kier alpha value is -2.71. The van der Waals surface area contributed by atoms with Crippen LogP contribution in [-0.4, -0.2) is 67.3 Å². The lowest BCUT2D eigenvalue weighted by atomic mass is 10.2. The fourth-order valence-electron chi connectivity index (χ4n) is 2.71. The molecule has 27 heavy (non-hydrogen) atoms. The largest absolute Gasteiger partial charge is 0.497 e. The van der Waals surface area contributed by atoms with Crippen molar-refractivity contribution in [3.05, 3.63) is 47.8 Å². The van der Waals surface area contributed by atoms with Gasteiger partial charge in [0.05, 0.1) is 25.9 Å². The molecule has 1 aliphatic heterocycles. The zero-order valence-corrected chi connectivity index (χ0v) is 15.5. The number of nitrogens with one attached hydrogen (secondary N) is 2. The van der Waals surface area contributed by atoms with Gasteiger partial charge in [-0.15, -0.1) is 0 Å². The molecule has 0 aliphatic carbocycles. The molecule has 3 rings (SSSR count). The summed E-state index contributed by atoms with van der Waals surface area (Å²) in [4.78, 5) is 23.0. The van der Waals surface area contributed by atoms with Crippen molar-refractivity contribution in [3.8, 4) is 5.75 Å². The predicted molar refractivity (Wildman–Crippen MR) is 102 cm³/mol. The summed E-state index contributed by atoms with van der Waals surface area (Å²) in [7, 11) is 1.62. The first-order valence-corrected chi connectivity index (χ1v) is 9.02. The third kappa shape index (κ3) is 5.90. The van der Waals surface area contributed by atoms with Crippen LogP contribution in [0.1, 0.15) is 15.9 Å². The normalized spacial score (nSPS) is 14.6. The van der Waals surface area contributed by atoms with Crippen LogP contribution >= 0.6 is 0 Å². The Bertz CT molecular complexity index is 715. The molecule has 0 spiro atoms. The number of methoxy groups -OCH3 is 1. The minimum atomic E-state index is -0.203.